The lowest BCUT2D eigenvalue weighted by molar-refractivity contribution is -0.124. The Bertz CT molecular complexity index is 334. The molecule has 1 rings (SSSR count). The molecule has 0 saturated carbocycles. The summed E-state index contributed by atoms with van der Waals surface area (Å²) in [6.07, 6.45) is 0. The molecular weight excluding hydrogens is 190 g/mol. The topological polar surface area (TPSA) is 49.3 Å². The van der Waals surface area contributed by atoms with Crippen LogP contribution in [0.5, 0.6) is 0 Å². The quantitative estimate of drug-likeness (QED) is 0.785. The summed E-state index contributed by atoms with van der Waals surface area (Å²) in [6, 6.07) is 7.55. The Balaban J connectivity index is 2.54. The molecule has 0 bridgehead atoms. The second-order valence-electron chi connectivity index (χ2n) is 3.85. The van der Waals surface area contributed by atoms with Crippen LogP contribution >= 0.6 is 0 Å². The summed E-state index contributed by atoms with van der Waals surface area (Å²) in [5.41, 5.74) is 1.88. The first kappa shape index (κ1) is 11.7. The second kappa shape index (κ2) is 5.51. The molecule has 0 atom stereocenters. The fraction of sp³-hybridized carbons (Fsp3) is 0.417. The van der Waals surface area contributed by atoms with Gasteiger partial charge in [-0.1, -0.05) is 38.1 Å². The third-order valence-electron chi connectivity index (χ3n) is 2.17. The molecule has 0 heterocycles. The van der Waals surface area contributed by atoms with Crippen LogP contribution in [0.25, 0.3) is 0 Å². The van der Waals surface area contributed by atoms with Gasteiger partial charge in [0.15, 0.2) is 0 Å². The molecule has 0 fully saturated rings. The average Bonchev–Trinajstić information content (AvgIpc) is 2.26. The third kappa shape index (κ3) is 3.72. The van der Waals surface area contributed by atoms with E-state index in [0.717, 1.165) is 11.1 Å². The van der Waals surface area contributed by atoms with E-state index < -0.39 is 0 Å². The molecule has 3 heteroatoms. The van der Waals surface area contributed by atoms with Crippen molar-refractivity contribution >= 4 is 5.91 Å². The van der Waals surface area contributed by atoms with Crippen molar-refractivity contribution in [2.24, 2.45) is 5.92 Å². The number of benzene rings is 1. The van der Waals surface area contributed by atoms with Crippen molar-refractivity contribution in [3.63, 3.8) is 0 Å². The molecule has 0 aromatic heterocycles. The van der Waals surface area contributed by atoms with Crippen LogP contribution in [0.2, 0.25) is 0 Å². The van der Waals surface area contributed by atoms with Gasteiger partial charge in [-0.25, -0.2) is 0 Å². The monoisotopic (exact) mass is 207 g/mol. The highest BCUT2D eigenvalue weighted by atomic mass is 16.3. The van der Waals surface area contributed by atoms with Gasteiger partial charge < -0.3 is 10.4 Å². The van der Waals surface area contributed by atoms with Gasteiger partial charge in [-0.2, -0.15) is 0 Å². The Hall–Kier alpha value is -1.35. The van der Waals surface area contributed by atoms with Crippen molar-refractivity contribution in [3.05, 3.63) is 35.4 Å². The van der Waals surface area contributed by atoms with Gasteiger partial charge in [0, 0.05) is 12.5 Å². The van der Waals surface area contributed by atoms with Gasteiger partial charge in [-0.3, -0.25) is 4.79 Å². The van der Waals surface area contributed by atoms with Gasteiger partial charge in [0.25, 0.3) is 0 Å². The van der Waals surface area contributed by atoms with E-state index in [2.05, 4.69) is 5.32 Å². The molecule has 1 aromatic carbocycles. The van der Waals surface area contributed by atoms with E-state index in [1.807, 2.05) is 38.1 Å². The second-order valence-corrected chi connectivity index (χ2v) is 3.85. The Morgan fingerprint density at radius 3 is 2.67 bits per heavy atom. The van der Waals surface area contributed by atoms with E-state index in [1.165, 1.54) is 0 Å². The van der Waals surface area contributed by atoms with Crippen LogP contribution in [0.1, 0.15) is 25.0 Å². The molecule has 3 nitrogen and oxygen atoms in total. The zero-order chi connectivity index (χ0) is 11.3. The Morgan fingerprint density at radius 2 is 2.07 bits per heavy atom. The van der Waals surface area contributed by atoms with E-state index >= 15 is 0 Å². The van der Waals surface area contributed by atoms with E-state index in [4.69, 9.17) is 5.11 Å². The molecule has 1 amide bonds. The lowest BCUT2D eigenvalue weighted by Gasteiger charge is -2.08. The molecule has 15 heavy (non-hydrogen) atoms. The van der Waals surface area contributed by atoms with Crippen LogP contribution in [0, 0.1) is 5.92 Å². The number of hydrogen-bond acceptors (Lipinski definition) is 2. The first-order valence-corrected chi connectivity index (χ1v) is 5.10. The van der Waals surface area contributed by atoms with Gasteiger partial charge in [0.2, 0.25) is 5.91 Å². The van der Waals surface area contributed by atoms with E-state index in [-0.39, 0.29) is 18.4 Å². The number of amides is 1. The lowest BCUT2D eigenvalue weighted by Crippen LogP contribution is -2.27. The largest absolute Gasteiger partial charge is 0.392 e. The van der Waals surface area contributed by atoms with Crippen molar-refractivity contribution in [3.8, 4) is 0 Å². The fourth-order valence-electron chi connectivity index (χ4n) is 1.23. The predicted octanol–water partition coefficient (Wildman–Crippen LogP) is 1.45. The van der Waals surface area contributed by atoms with Crippen LogP contribution in [0.15, 0.2) is 24.3 Å². The highest BCUT2D eigenvalue weighted by molar-refractivity contribution is 5.77. The van der Waals surface area contributed by atoms with E-state index in [1.54, 1.807) is 0 Å². The smallest absolute Gasteiger partial charge is 0.222 e. The zero-order valence-electron chi connectivity index (χ0n) is 9.16. The zero-order valence-corrected chi connectivity index (χ0v) is 9.16. The Labute approximate surface area is 90.1 Å². The van der Waals surface area contributed by atoms with Gasteiger partial charge >= 0.3 is 0 Å². The molecule has 0 radical (unpaired) electrons. The summed E-state index contributed by atoms with van der Waals surface area (Å²) in [5, 5.41) is 11.8. The van der Waals surface area contributed by atoms with Crippen molar-refractivity contribution < 1.29 is 9.90 Å². The lowest BCUT2D eigenvalue weighted by atomic mass is 10.1. The summed E-state index contributed by atoms with van der Waals surface area (Å²) >= 11 is 0. The summed E-state index contributed by atoms with van der Waals surface area (Å²) in [4.78, 5) is 11.3. The summed E-state index contributed by atoms with van der Waals surface area (Å²) in [5.74, 6) is 0.0513. The Kier molecular flexibility index (Phi) is 4.31. The van der Waals surface area contributed by atoms with Crippen LogP contribution in [0.3, 0.4) is 0 Å². The van der Waals surface area contributed by atoms with Gasteiger partial charge in [-0.05, 0) is 11.1 Å². The SMILES string of the molecule is CC(C)C(=O)NCc1cccc(CO)c1. The first-order valence-electron chi connectivity index (χ1n) is 5.10. The van der Waals surface area contributed by atoms with Crippen molar-refractivity contribution in [2.75, 3.05) is 0 Å². The predicted molar refractivity (Wildman–Crippen MR) is 59.0 cm³/mol. The van der Waals surface area contributed by atoms with Crippen LogP contribution in [-0.2, 0) is 17.9 Å². The van der Waals surface area contributed by atoms with E-state index in [0.29, 0.717) is 6.54 Å². The van der Waals surface area contributed by atoms with Gasteiger partial charge in [0.05, 0.1) is 6.61 Å². The molecule has 0 spiro atoms. The number of aliphatic hydroxyl groups excluding tert-OH is 1. The average molecular weight is 207 g/mol. The minimum absolute atomic E-state index is 0.00558. The van der Waals surface area contributed by atoms with Crippen LogP contribution < -0.4 is 5.32 Å². The van der Waals surface area contributed by atoms with Crippen molar-refractivity contribution in [1.82, 2.24) is 5.32 Å². The van der Waals surface area contributed by atoms with E-state index in [9.17, 15) is 4.79 Å². The molecule has 0 aliphatic carbocycles. The molecule has 0 aliphatic heterocycles. The summed E-state index contributed by atoms with van der Waals surface area (Å²) in [6.45, 7) is 4.27. The number of hydrogen-bond donors (Lipinski definition) is 2. The first-order chi connectivity index (χ1) is 7.13. The maximum Gasteiger partial charge on any atom is 0.222 e. The third-order valence-corrected chi connectivity index (χ3v) is 2.17. The Morgan fingerprint density at radius 1 is 1.40 bits per heavy atom. The highest BCUT2D eigenvalue weighted by Gasteiger charge is 2.05. The molecule has 1 aromatic rings. The number of carbonyl (C=O) groups is 1. The fourth-order valence-corrected chi connectivity index (χ4v) is 1.23. The molecule has 82 valence electrons. The molecule has 2 N–H and O–H groups in total. The molecule has 0 unspecified atom stereocenters. The molecule has 0 saturated heterocycles. The maximum absolute atomic E-state index is 11.3. The molecular formula is C12H17NO2. The standard InChI is InChI=1S/C12H17NO2/c1-9(2)12(15)13-7-10-4-3-5-11(6-10)8-14/h3-6,9,14H,7-8H2,1-2H3,(H,13,15). The normalized spacial score (nSPS) is 10.4. The minimum atomic E-state index is 0.00558. The minimum Gasteiger partial charge on any atom is -0.392 e. The van der Waals surface area contributed by atoms with Crippen LogP contribution in [-0.4, -0.2) is 11.0 Å². The number of carbonyl (C=O) groups excluding carboxylic acids is 1. The van der Waals surface area contributed by atoms with Crippen molar-refractivity contribution in [2.45, 2.75) is 27.0 Å². The summed E-state index contributed by atoms with van der Waals surface area (Å²) < 4.78 is 0. The van der Waals surface area contributed by atoms with Crippen molar-refractivity contribution in [1.29, 1.82) is 0 Å². The molecule has 0 aliphatic rings. The maximum atomic E-state index is 11.3. The number of aliphatic hydroxyl groups is 1. The number of rotatable bonds is 4. The van der Waals surface area contributed by atoms with Gasteiger partial charge in [-0.15, -0.1) is 0 Å². The number of nitrogens with one attached hydrogen (secondary N) is 1. The highest BCUT2D eigenvalue weighted by Crippen LogP contribution is 2.05. The van der Waals surface area contributed by atoms with Crippen LogP contribution in [0.4, 0.5) is 0 Å². The van der Waals surface area contributed by atoms with Gasteiger partial charge in [0.1, 0.15) is 0 Å². The summed E-state index contributed by atoms with van der Waals surface area (Å²) in [7, 11) is 0.